The zero-order valence-electron chi connectivity index (χ0n) is 6.45. The molecule has 1 aliphatic rings. The van der Waals surface area contributed by atoms with Crippen molar-refractivity contribution in [3.8, 4) is 0 Å². The molecule has 0 atom stereocenters. The van der Waals surface area contributed by atoms with Crippen LogP contribution in [0.4, 0.5) is 5.82 Å². The summed E-state index contributed by atoms with van der Waals surface area (Å²) in [6, 6.07) is 3.97. The first kappa shape index (κ1) is 6.61. The maximum atomic E-state index is 5.29. The van der Waals surface area contributed by atoms with Crippen molar-refractivity contribution in [1.82, 2.24) is 4.98 Å². The number of rotatable bonds is 0. The highest BCUT2D eigenvalue weighted by Gasteiger charge is 2.13. The third kappa shape index (κ3) is 1.07. The second-order valence-electron chi connectivity index (χ2n) is 2.66. The van der Waals surface area contributed by atoms with Gasteiger partial charge in [0.25, 0.3) is 0 Å². The van der Waals surface area contributed by atoms with E-state index in [2.05, 4.69) is 4.98 Å². The van der Waals surface area contributed by atoms with Crippen LogP contribution in [0.2, 0.25) is 0 Å². The first-order chi connectivity index (χ1) is 5.38. The minimum Gasteiger partial charge on any atom is -0.356 e. The lowest BCUT2D eigenvalue weighted by Crippen LogP contribution is -2.27. The molecule has 0 radical (unpaired) electrons. The van der Waals surface area contributed by atoms with Crippen LogP contribution in [-0.4, -0.2) is 18.8 Å². The average molecular weight is 150 g/mol. The number of fused-ring (bicyclic) bond motifs is 1. The molecular weight excluding hydrogens is 140 g/mol. The Hall–Kier alpha value is -1.09. The zero-order valence-corrected chi connectivity index (χ0v) is 6.45. The van der Waals surface area contributed by atoms with Gasteiger partial charge >= 0.3 is 0 Å². The number of hydrogen-bond donors (Lipinski definition) is 0. The number of pyridine rings is 1. The Morgan fingerprint density at radius 1 is 1.64 bits per heavy atom. The van der Waals surface area contributed by atoms with Gasteiger partial charge in [0.05, 0.1) is 6.61 Å². The van der Waals surface area contributed by atoms with Gasteiger partial charge in [0, 0.05) is 18.8 Å². The Kier molecular flexibility index (Phi) is 1.51. The topological polar surface area (TPSA) is 25.4 Å². The van der Waals surface area contributed by atoms with Gasteiger partial charge in [-0.3, -0.25) is 0 Å². The van der Waals surface area contributed by atoms with Crippen LogP contribution in [0, 0.1) is 0 Å². The van der Waals surface area contributed by atoms with Crippen LogP contribution in [0.15, 0.2) is 18.3 Å². The van der Waals surface area contributed by atoms with Crippen LogP contribution in [0.25, 0.3) is 0 Å². The fourth-order valence-corrected chi connectivity index (χ4v) is 1.24. The summed E-state index contributed by atoms with van der Waals surface area (Å²) in [4.78, 5) is 6.25. The van der Waals surface area contributed by atoms with E-state index in [0.29, 0.717) is 13.3 Å². The molecule has 0 aliphatic carbocycles. The summed E-state index contributed by atoms with van der Waals surface area (Å²) in [5.74, 6) is 1.04. The van der Waals surface area contributed by atoms with E-state index < -0.39 is 0 Å². The summed E-state index contributed by atoms with van der Waals surface area (Å²) < 4.78 is 5.29. The smallest absolute Gasteiger partial charge is 0.135 e. The van der Waals surface area contributed by atoms with Gasteiger partial charge < -0.3 is 9.64 Å². The van der Waals surface area contributed by atoms with E-state index >= 15 is 0 Å². The van der Waals surface area contributed by atoms with Crippen LogP contribution in [-0.2, 0) is 11.3 Å². The monoisotopic (exact) mass is 150 g/mol. The first-order valence-electron chi connectivity index (χ1n) is 3.61. The molecular formula is C8H10N2O. The fraction of sp³-hybridized carbons (Fsp3) is 0.375. The molecule has 1 aromatic heterocycles. The number of hydrogen-bond acceptors (Lipinski definition) is 3. The van der Waals surface area contributed by atoms with Crippen molar-refractivity contribution in [3.05, 3.63) is 23.9 Å². The van der Waals surface area contributed by atoms with Crippen molar-refractivity contribution in [2.24, 2.45) is 0 Å². The molecule has 2 rings (SSSR count). The Bertz CT molecular complexity index is 262. The molecule has 3 nitrogen and oxygen atoms in total. The second-order valence-corrected chi connectivity index (χ2v) is 2.66. The number of aromatic nitrogens is 1. The van der Waals surface area contributed by atoms with Crippen molar-refractivity contribution in [2.75, 3.05) is 18.7 Å². The molecule has 0 N–H and O–H groups in total. The summed E-state index contributed by atoms with van der Waals surface area (Å²) in [6.07, 6.45) is 1.81. The van der Waals surface area contributed by atoms with Gasteiger partial charge in [-0.1, -0.05) is 6.07 Å². The molecule has 3 heteroatoms. The molecule has 1 aliphatic heterocycles. The van der Waals surface area contributed by atoms with Gasteiger partial charge in [-0.25, -0.2) is 4.98 Å². The molecule has 0 spiro atoms. The van der Waals surface area contributed by atoms with Crippen LogP contribution >= 0.6 is 0 Å². The largest absolute Gasteiger partial charge is 0.356 e. The van der Waals surface area contributed by atoms with E-state index in [1.165, 1.54) is 5.56 Å². The molecule has 0 unspecified atom stereocenters. The Balaban J connectivity index is 2.44. The molecule has 58 valence electrons. The normalized spacial score (nSPS) is 16.3. The van der Waals surface area contributed by atoms with Gasteiger partial charge in [0.2, 0.25) is 0 Å². The molecule has 11 heavy (non-hydrogen) atoms. The Labute approximate surface area is 65.6 Å². The minimum atomic E-state index is 0.643. The highest BCUT2D eigenvalue weighted by molar-refractivity contribution is 5.46. The van der Waals surface area contributed by atoms with Gasteiger partial charge in [-0.2, -0.15) is 0 Å². The van der Waals surface area contributed by atoms with Crippen molar-refractivity contribution in [2.45, 2.75) is 6.61 Å². The third-order valence-electron chi connectivity index (χ3n) is 1.77. The maximum Gasteiger partial charge on any atom is 0.135 e. The van der Waals surface area contributed by atoms with Gasteiger partial charge in [0.1, 0.15) is 12.5 Å². The van der Waals surface area contributed by atoms with Crippen molar-refractivity contribution in [1.29, 1.82) is 0 Å². The minimum absolute atomic E-state index is 0.643. The molecule has 0 bridgehead atoms. The van der Waals surface area contributed by atoms with Crippen LogP contribution in [0.3, 0.4) is 0 Å². The second kappa shape index (κ2) is 2.51. The van der Waals surface area contributed by atoms with Crippen LogP contribution in [0.5, 0.6) is 0 Å². The summed E-state index contributed by atoms with van der Waals surface area (Å²) in [6.45, 7) is 1.33. The number of anilines is 1. The van der Waals surface area contributed by atoms with Gasteiger partial charge in [0.15, 0.2) is 0 Å². The zero-order chi connectivity index (χ0) is 7.68. The quantitative estimate of drug-likeness (QED) is 0.551. The van der Waals surface area contributed by atoms with Crippen LogP contribution in [0.1, 0.15) is 5.56 Å². The summed E-state index contributed by atoms with van der Waals surface area (Å²) in [5.41, 5.74) is 1.17. The third-order valence-corrected chi connectivity index (χ3v) is 1.77. The van der Waals surface area contributed by atoms with E-state index in [1.54, 1.807) is 6.20 Å². The van der Waals surface area contributed by atoms with E-state index in [1.807, 2.05) is 24.1 Å². The molecule has 0 fully saturated rings. The van der Waals surface area contributed by atoms with E-state index in [9.17, 15) is 0 Å². The Morgan fingerprint density at radius 3 is 3.36 bits per heavy atom. The van der Waals surface area contributed by atoms with Crippen molar-refractivity contribution < 1.29 is 4.74 Å². The van der Waals surface area contributed by atoms with Gasteiger partial charge in [-0.15, -0.1) is 0 Å². The highest BCUT2D eigenvalue weighted by atomic mass is 16.5. The number of ether oxygens (including phenoxy) is 1. The predicted molar refractivity (Wildman–Crippen MR) is 42.3 cm³/mol. The molecule has 0 saturated carbocycles. The standard InChI is InChI=1S/C8H10N2O/c1-10-6-11-5-7-3-2-4-9-8(7)10/h2-4H,5-6H2,1H3. The lowest BCUT2D eigenvalue weighted by atomic mass is 10.2. The fourth-order valence-electron chi connectivity index (χ4n) is 1.24. The average Bonchev–Trinajstić information content (AvgIpc) is 2.06. The van der Waals surface area contributed by atoms with Crippen molar-refractivity contribution in [3.63, 3.8) is 0 Å². The van der Waals surface area contributed by atoms with Gasteiger partial charge in [-0.05, 0) is 6.07 Å². The number of nitrogens with zero attached hydrogens (tertiary/aromatic N) is 2. The molecule has 2 heterocycles. The highest BCUT2D eigenvalue weighted by Crippen LogP contribution is 2.20. The van der Waals surface area contributed by atoms with Crippen LogP contribution < -0.4 is 4.90 Å². The lowest BCUT2D eigenvalue weighted by Gasteiger charge is -2.25. The van der Waals surface area contributed by atoms with E-state index in [0.717, 1.165) is 5.82 Å². The molecule has 0 saturated heterocycles. The summed E-state index contributed by atoms with van der Waals surface area (Å²) in [7, 11) is 1.98. The van der Waals surface area contributed by atoms with Crippen molar-refractivity contribution >= 4 is 5.82 Å². The first-order valence-corrected chi connectivity index (χ1v) is 3.61. The maximum absolute atomic E-state index is 5.29. The predicted octanol–water partition coefficient (Wildman–Crippen LogP) is 1.01. The lowest BCUT2D eigenvalue weighted by molar-refractivity contribution is 0.112. The SMILES string of the molecule is CN1COCc2cccnc21. The molecule has 0 amide bonds. The summed E-state index contributed by atoms with van der Waals surface area (Å²) >= 11 is 0. The Morgan fingerprint density at radius 2 is 2.55 bits per heavy atom. The summed E-state index contributed by atoms with van der Waals surface area (Å²) in [5, 5.41) is 0. The molecule has 1 aromatic rings. The van der Waals surface area contributed by atoms with E-state index in [4.69, 9.17) is 4.74 Å². The van der Waals surface area contributed by atoms with E-state index in [-0.39, 0.29) is 0 Å². The molecule has 0 aromatic carbocycles.